The molecule has 1 fully saturated rings. The number of amides is 1. The third-order valence-electron chi connectivity index (χ3n) is 3.77. The van der Waals surface area contributed by atoms with Gasteiger partial charge in [-0.05, 0) is 32.6 Å². The van der Waals surface area contributed by atoms with E-state index < -0.39 is 5.97 Å². The average Bonchev–Trinajstić information content (AvgIpc) is 2.89. The quantitative estimate of drug-likeness (QED) is 0.783. The standard InChI is InChI=1S/C15H22N2O3S/c1-3-13-6-4-5-7-17(13)14(18)9-20-15(19)8-12-10-21-11(2)16-12/h10,13H,3-9H2,1-2H3. The number of hydrogen-bond acceptors (Lipinski definition) is 5. The third kappa shape index (κ3) is 4.52. The molecule has 0 bridgehead atoms. The lowest BCUT2D eigenvalue weighted by Crippen LogP contribution is -2.45. The van der Waals surface area contributed by atoms with Crippen LogP contribution in [0.25, 0.3) is 0 Å². The van der Waals surface area contributed by atoms with Gasteiger partial charge in [0.1, 0.15) is 0 Å². The highest BCUT2D eigenvalue weighted by atomic mass is 32.1. The fraction of sp³-hybridized carbons (Fsp3) is 0.667. The van der Waals surface area contributed by atoms with E-state index in [9.17, 15) is 9.59 Å². The van der Waals surface area contributed by atoms with Crippen molar-refractivity contribution in [2.75, 3.05) is 13.2 Å². The van der Waals surface area contributed by atoms with Crippen LogP contribution in [0.1, 0.15) is 43.3 Å². The minimum absolute atomic E-state index is 0.0793. The first-order valence-electron chi connectivity index (χ1n) is 7.46. The van der Waals surface area contributed by atoms with Gasteiger partial charge in [0.25, 0.3) is 5.91 Å². The minimum Gasteiger partial charge on any atom is -0.455 e. The van der Waals surface area contributed by atoms with E-state index in [0.29, 0.717) is 11.7 Å². The highest BCUT2D eigenvalue weighted by molar-refractivity contribution is 7.09. The Kier molecular flexibility index (Phi) is 5.73. The smallest absolute Gasteiger partial charge is 0.312 e. The molecule has 2 heterocycles. The largest absolute Gasteiger partial charge is 0.455 e. The molecule has 1 atom stereocenters. The van der Waals surface area contributed by atoms with E-state index in [-0.39, 0.29) is 18.9 Å². The Morgan fingerprint density at radius 2 is 2.29 bits per heavy atom. The molecule has 0 N–H and O–H groups in total. The Labute approximate surface area is 129 Å². The van der Waals surface area contributed by atoms with Crippen molar-refractivity contribution in [1.29, 1.82) is 0 Å². The molecule has 116 valence electrons. The van der Waals surface area contributed by atoms with Crippen LogP contribution in [-0.4, -0.2) is 41.0 Å². The van der Waals surface area contributed by atoms with E-state index in [1.54, 1.807) is 0 Å². The van der Waals surface area contributed by atoms with Crippen molar-refractivity contribution >= 4 is 23.2 Å². The highest BCUT2D eigenvalue weighted by Crippen LogP contribution is 2.19. The van der Waals surface area contributed by atoms with Crippen molar-refractivity contribution in [3.05, 3.63) is 16.1 Å². The van der Waals surface area contributed by atoms with Crippen LogP contribution in [0.3, 0.4) is 0 Å². The van der Waals surface area contributed by atoms with Crippen LogP contribution < -0.4 is 0 Å². The predicted molar refractivity (Wildman–Crippen MR) is 81.2 cm³/mol. The highest BCUT2D eigenvalue weighted by Gasteiger charge is 2.25. The minimum atomic E-state index is -0.390. The van der Waals surface area contributed by atoms with E-state index in [1.807, 2.05) is 17.2 Å². The summed E-state index contributed by atoms with van der Waals surface area (Å²) in [6.07, 6.45) is 4.35. The van der Waals surface area contributed by atoms with Crippen LogP contribution in [-0.2, 0) is 20.7 Å². The van der Waals surface area contributed by atoms with Crippen LogP contribution in [0.2, 0.25) is 0 Å². The maximum absolute atomic E-state index is 12.2. The first-order chi connectivity index (χ1) is 10.1. The Morgan fingerprint density at radius 1 is 1.48 bits per heavy atom. The maximum Gasteiger partial charge on any atom is 0.312 e. The van der Waals surface area contributed by atoms with Crippen LogP contribution in [0.15, 0.2) is 5.38 Å². The van der Waals surface area contributed by atoms with E-state index in [2.05, 4.69) is 11.9 Å². The van der Waals surface area contributed by atoms with E-state index in [0.717, 1.165) is 30.8 Å². The first-order valence-corrected chi connectivity index (χ1v) is 8.34. The van der Waals surface area contributed by atoms with Gasteiger partial charge in [-0.15, -0.1) is 11.3 Å². The van der Waals surface area contributed by atoms with Gasteiger partial charge >= 0.3 is 5.97 Å². The molecule has 1 saturated heterocycles. The Morgan fingerprint density at radius 3 is 2.95 bits per heavy atom. The SMILES string of the molecule is CCC1CCCCN1C(=O)COC(=O)Cc1csc(C)n1. The number of carbonyl (C=O) groups is 2. The number of nitrogens with zero attached hydrogens (tertiary/aromatic N) is 2. The topological polar surface area (TPSA) is 59.5 Å². The lowest BCUT2D eigenvalue weighted by atomic mass is 10.00. The average molecular weight is 310 g/mol. The summed E-state index contributed by atoms with van der Waals surface area (Å²) in [4.78, 5) is 30.0. The zero-order chi connectivity index (χ0) is 15.2. The second kappa shape index (κ2) is 7.54. The van der Waals surface area contributed by atoms with Crippen molar-refractivity contribution in [1.82, 2.24) is 9.88 Å². The van der Waals surface area contributed by atoms with Gasteiger partial charge in [0, 0.05) is 18.0 Å². The molecule has 5 nitrogen and oxygen atoms in total. The van der Waals surface area contributed by atoms with Crippen molar-refractivity contribution in [2.24, 2.45) is 0 Å². The number of piperidine rings is 1. The number of aryl methyl sites for hydroxylation is 1. The van der Waals surface area contributed by atoms with E-state index in [1.165, 1.54) is 17.8 Å². The van der Waals surface area contributed by atoms with Crippen molar-refractivity contribution in [3.8, 4) is 0 Å². The van der Waals surface area contributed by atoms with Crippen molar-refractivity contribution < 1.29 is 14.3 Å². The number of rotatable bonds is 5. The number of likely N-dealkylation sites (tertiary alicyclic amines) is 1. The first kappa shape index (κ1) is 15.9. The lowest BCUT2D eigenvalue weighted by Gasteiger charge is -2.35. The number of carbonyl (C=O) groups excluding carboxylic acids is 2. The summed E-state index contributed by atoms with van der Waals surface area (Å²) in [5.41, 5.74) is 0.708. The summed E-state index contributed by atoms with van der Waals surface area (Å²) in [6, 6.07) is 0.297. The van der Waals surface area contributed by atoms with Crippen LogP contribution in [0.4, 0.5) is 0 Å². The molecule has 21 heavy (non-hydrogen) atoms. The number of hydrogen-bond donors (Lipinski definition) is 0. The van der Waals surface area contributed by atoms with Gasteiger partial charge in [-0.2, -0.15) is 0 Å². The van der Waals surface area contributed by atoms with Gasteiger partial charge in [0.2, 0.25) is 0 Å². The number of ether oxygens (including phenoxy) is 1. The molecule has 0 radical (unpaired) electrons. The Hall–Kier alpha value is -1.43. The summed E-state index contributed by atoms with van der Waals surface area (Å²) < 4.78 is 5.10. The van der Waals surface area contributed by atoms with Crippen LogP contribution in [0.5, 0.6) is 0 Å². The van der Waals surface area contributed by atoms with Gasteiger partial charge < -0.3 is 9.64 Å². The molecule has 1 aromatic rings. The molecule has 2 rings (SSSR count). The zero-order valence-corrected chi connectivity index (χ0v) is 13.4. The van der Waals surface area contributed by atoms with Gasteiger partial charge in [0.15, 0.2) is 6.61 Å². The number of aromatic nitrogens is 1. The van der Waals surface area contributed by atoms with Gasteiger partial charge in [-0.1, -0.05) is 6.92 Å². The van der Waals surface area contributed by atoms with Gasteiger partial charge in [-0.3, -0.25) is 9.59 Å². The van der Waals surface area contributed by atoms with E-state index >= 15 is 0 Å². The summed E-state index contributed by atoms with van der Waals surface area (Å²) in [5.74, 6) is -0.469. The monoisotopic (exact) mass is 310 g/mol. The second-order valence-corrected chi connectivity index (χ2v) is 6.40. The van der Waals surface area contributed by atoms with Crippen molar-refractivity contribution in [2.45, 2.75) is 52.0 Å². The molecule has 1 aliphatic rings. The Bertz CT molecular complexity index is 501. The molecule has 1 aromatic heterocycles. The summed E-state index contributed by atoms with van der Waals surface area (Å²) in [6.45, 7) is 4.61. The third-order valence-corrected chi connectivity index (χ3v) is 4.59. The summed E-state index contributed by atoms with van der Waals surface area (Å²) in [5, 5.41) is 2.77. The Balaban J connectivity index is 1.78. The molecule has 1 aliphatic heterocycles. The molecule has 0 aliphatic carbocycles. The molecule has 0 saturated carbocycles. The predicted octanol–water partition coefficient (Wildman–Crippen LogP) is 2.33. The molecule has 0 spiro atoms. The van der Waals surface area contributed by atoms with Gasteiger partial charge in [0.05, 0.1) is 17.1 Å². The normalized spacial score (nSPS) is 18.6. The van der Waals surface area contributed by atoms with Crippen LogP contribution in [0, 0.1) is 6.92 Å². The molecule has 1 amide bonds. The number of esters is 1. The lowest BCUT2D eigenvalue weighted by molar-refractivity contribution is -0.153. The fourth-order valence-electron chi connectivity index (χ4n) is 2.67. The second-order valence-electron chi connectivity index (χ2n) is 5.34. The fourth-order valence-corrected chi connectivity index (χ4v) is 3.28. The van der Waals surface area contributed by atoms with E-state index in [4.69, 9.17) is 4.74 Å². The molecule has 1 unspecified atom stereocenters. The van der Waals surface area contributed by atoms with Gasteiger partial charge in [-0.25, -0.2) is 4.98 Å². The molecular formula is C15H22N2O3S. The molecule has 6 heteroatoms. The van der Waals surface area contributed by atoms with Crippen molar-refractivity contribution in [3.63, 3.8) is 0 Å². The van der Waals surface area contributed by atoms with Crippen LogP contribution >= 0.6 is 11.3 Å². The number of thiazole rings is 1. The maximum atomic E-state index is 12.2. The summed E-state index contributed by atoms with van der Waals surface area (Å²) >= 11 is 1.50. The molecular weight excluding hydrogens is 288 g/mol. The summed E-state index contributed by atoms with van der Waals surface area (Å²) in [7, 11) is 0. The molecule has 0 aromatic carbocycles. The zero-order valence-electron chi connectivity index (χ0n) is 12.6.